The Morgan fingerprint density at radius 1 is 1.31 bits per heavy atom. The van der Waals surface area contributed by atoms with Crippen LogP contribution in [0.1, 0.15) is 32.6 Å². The van der Waals surface area contributed by atoms with Crippen molar-refractivity contribution in [2.45, 2.75) is 44.5 Å². The zero-order valence-electron chi connectivity index (χ0n) is 16.1. The number of hydrogen-bond donors (Lipinski definition) is 1. The van der Waals surface area contributed by atoms with Gasteiger partial charge in [0.15, 0.2) is 0 Å². The molecule has 0 radical (unpaired) electrons. The predicted molar refractivity (Wildman–Crippen MR) is 106 cm³/mol. The first-order valence-electron chi connectivity index (χ1n) is 9.54. The summed E-state index contributed by atoms with van der Waals surface area (Å²) < 4.78 is 47.4. The summed E-state index contributed by atoms with van der Waals surface area (Å²) in [5.74, 6) is -0.232. The van der Waals surface area contributed by atoms with Gasteiger partial charge in [0, 0.05) is 16.7 Å². The molecule has 156 valence electrons. The van der Waals surface area contributed by atoms with Gasteiger partial charge in [0.25, 0.3) is 5.72 Å². The summed E-state index contributed by atoms with van der Waals surface area (Å²) in [5.41, 5.74) is -1.38. The van der Waals surface area contributed by atoms with Crippen LogP contribution in [0.25, 0.3) is 11.3 Å². The summed E-state index contributed by atoms with van der Waals surface area (Å²) in [5, 5.41) is 17.5. The Morgan fingerprint density at radius 3 is 2.66 bits per heavy atom. The van der Waals surface area contributed by atoms with E-state index >= 15 is 0 Å². The van der Waals surface area contributed by atoms with Crippen LogP contribution in [0.2, 0.25) is 0 Å². The van der Waals surface area contributed by atoms with Crippen molar-refractivity contribution >= 4 is 22.2 Å². The van der Waals surface area contributed by atoms with Gasteiger partial charge in [0.2, 0.25) is 5.13 Å². The van der Waals surface area contributed by atoms with Crippen molar-refractivity contribution < 1.29 is 23.0 Å². The normalized spacial score (nSPS) is 27.0. The molecule has 2 aliphatic rings. The van der Waals surface area contributed by atoms with Crippen molar-refractivity contribution in [2.24, 2.45) is 16.9 Å². The highest BCUT2D eigenvalue weighted by atomic mass is 32.1. The van der Waals surface area contributed by atoms with Gasteiger partial charge >= 0.3 is 6.18 Å². The highest BCUT2D eigenvalue weighted by molar-refractivity contribution is 7.14. The lowest BCUT2D eigenvalue weighted by molar-refractivity contribution is -0.270. The van der Waals surface area contributed by atoms with Crippen molar-refractivity contribution in [3.8, 4) is 17.0 Å². The number of benzene rings is 1. The van der Waals surface area contributed by atoms with Gasteiger partial charge in [-0.3, -0.25) is 0 Å². The lowest BCUT2D eigenvalue weighted by Gasteiger charge is -2.39. The molecule has 0 spiro atoms. The average Bonchev–Trinajstić information content (AvgIpc) is 3.31. The number of aliphatic hydroxyl groups is 1. The minimum atomic E-state index is -4.86. The van der Waals surface area contributed by atoms with Crippen LogP contribution in [0.15, 0.2) is 34.7 Å². The molecule has 2 heterocycles. The quantitative estimate of drug-likeness (QED) is 0.743. The topological polar surface area (TPSA) is 58.0 Å². The first-order valence-corrected chi connectivity index (χ1v) is 10.4. The zero-order chi connectivity index (χ0) is 20.8. The number of nitrogens with zero attached hydrogens (tertiary/aromatic N) is 3. The molecule has 2 aromatic rings. The van der Waals surface area contributed by atoms with Gasteiger partial charge in [-0.2, -0.15) is 23.3 Å². The molecule has 1 aromatic heterocycles. The maximum atomic E-state index is 14.1. The van der Waals surface area contributed by atoms with E-state index in [0.717, 1.165) is 29.7 Å². The molecule has 9 heteroatoms. The standard InChI is InChI=1S/C20H22F3N3O2S/c1-3-12-4-9-16-15(10-12)19(27,20(21,22)23)26(25-16)18-24-17(11-29-18)13-5-7-14(28-2)8-6-13/h5-8,11-12,15,27H,3-4,9-10H2,1-2H3/t12-,15+,19-/m0/s1. The number of ether oxygens (including phenoxy) is 1. The molecule has 1 N–H and O–H groups in total. The van der Waals surface area contributed by atoms with Gasteiger partial charge < -0.3 is 9.84 Å². The highest BCUT2D eigenvalue weighted by Crippen LogP contribution is 2.51. The molecule has 0 bridgehead atoms. The number of alkyl halides is 3. The van der Waals surface area contributed by atoms with Crippen molar-refractivity contribution in [2.75, 3.05) is 12.1 Å². The number of anilines is 1. The van der Waals surface area contributed by atoms with Crippen LogP contribution in [-0.2, 0) is 0 Å². The minimum Gasteiger partial charge on any atom is -0.497 e. The number of fused-ring (bicyclic) bond motifs is 1. The van der Waals surface area contributed by atoms with E-state index in [9.17, 15) is 18.3 Å². The third-order valence-corrected chi connectivity index (χ3v) is 6.69. The van der Waals surface area contributed by atoms with Gasteiger partial charge in [-0.05, 0) is 49.4 Å². The summed E-state index contributed by atoms with van der Waals surface area (Å²) in [4.78, 5) is 4.36. The largest absolute Gasteiger partial charge is 0.497 e. The van der Waals surface area contributed by atoms with Gasteiger partial charge in [-0.15, -0.1) is 11.3 Å². The van der Waals surface area contributed by atoms with Crippen LogP contribution in [0.3, 0.4) is 0 Å². The maximum absolute atomic E-state index is 14.1. The Labute approximate surface area is 170 Å². The molecule has 1 fully saturated rings. The number of methoxy groups -OCH3 is 1. The molecule has 1 aliphatic heterocycles. The fraction of sp³-hybridized carbons (Fsp3) is 0.500. The summed E-state index contributed by atoms with van der Waals surface area (Å²) in [6, 6.07) is 7.09. The fourth-order valence-corrected chi connectivity index (χ4v) is 4.95. The van der Waals surface area contributed by atoms with Crippen molar-refractivity contribution in [1.82, 2.24) is 4.98 Å². The predicted octanol–water partition coefficient (Wildman–Crippen LogP) is 5.07. The van der Waals surface area contributed by atoms with Crippen LogP contribution < -0.4 is 9.75 Å². The van der Waals surface area contributed by atoms with E-state index in [-0.39, 0.29) is 17.5 Å². The van der Waals surface area contributed by atoms with Gasteiger partial charge in [-0.25, -0.2) is 4.98 Å². The van der Waals surface area contributed by atoms with E-state index in [2.05, 4.69) is 10.1 Å². The lowest BCUT2D eigenvalue weighted by atomic mass is 9.74. The molecule has 0 saturated heterocycles. The number of rotatable bonds is 4. The van der Waals surface area contributed by atoms with E-state index in [4.69, 9.17) is 4.74 Å². The summed E-state index contributed by atoms with van der Waals surface area (Å²) in [7, 11) is 1.56. The summed E-state index contributed by atoms with van der Waals surface area (Å²) in [6.45, 7) is 1.97. The molecule has 5 nitrogen and oxygen atoms in total. The summed E-state index contributed by atoms with van der Waals surface area (Å²) in [6.07, 6.45) is -2.53. The Bertz CT molecular complexity index is 912. The van der Waals surface area contributed by atoms with Gasteiger partial charge in [0.1, 0.15) is 5.75 Å². The van der Waals surface area contributed by atoms with Crippen LogP contribution in [0.5, 0.6) is 5.75 Å². The zero-order valence-corrected chi connectivity index (χ0v) is 16.9. The first-order chi connectivity index (χ1) is 13.8. The number of halogens is 3. The van der Waals surface area contributed by atoms with Crippen molar-refractivity contribution in [1.29, 1.82) is 0 Å². The van der Waals surface area contributed by atoms with E-state index in [1.54, 1.807) is 36.8 Å². The SMILES string of the molecule is CC[C@H]1CCC2=NN(c3nc(-c4ccc(OC)cc4)cs3)[C@@](O)(C(F)(F)F)[C@@H]2C1. The van der Waals surface area contributed by atoms with Gasteiger partial charge in [-0.1, -0.05) is 13.3 Å². The second-order valence-corrected chi connectivity index (χ2v) is 8.31. The molecule has 4 rings (SSSR count). The molecule has 1 aromatic carbocycles. The Kier molecular flexibility index (Phi) is 5.06. The Morgan fingerprint density at radius 2 is 2.03 bits per heavy atom. The monoisotopic (exact) mass is 425 g/mol. The van der Waals surface area contributed by atoms with E-state index in [1.165, 1.54) is 0 Å². The van der Waals surface area contributed by atoms with E-state index < -0.39 is 17.8 Å². The van der Waals surface area contributed by atoms with E-state index in [0.29, 0.717) is 28.6 Å². The van der Waals surface area contributed by atoms with Crippen LogP contribution in [0.4, 0.5) is 18.3 Å². The lowest BCUT2D eigenvalue weighted by Crippen LogP contribution is -2.60. The molecule has 0 amide bonds. The van der Waals surface area contributed by atoms with Crippen molar-refractivity contribution in [3.05, 3.63) is 29.6 Å². The molecule has 29 heavy (non-hydrogen) atoms. The second kappa shape index (κ2) is 7.28. The van der Waals surface area contributed by atoms with Crippen LogP contribution >= 0.6 is 11.3 Å². The molecule has 3 atom stereocenters. The maximum Gasteiger partial charge on any atom is 0.439 e. The van der Waals surface area contributed by atoms with Crippen LogP contribution in [-0.4, -0.2) is 34.8 Å². The Balaban J connectivity index is 1.70. The van der Waals surface area contributed by atoms with Gasteiger partial charge in [0.05, 0.1) is 18.7 Å². The number of thiazole rings is 1. The molecule has 1 aliphatic carbocycles. The van der Waals surface area contributed by atoms with Crippen molar-refractivity contribution in [3.63, 3.8) is 0 Å². The molecule has 1 saturated carbocycles. The van der Waals surface area contributed by atoms with E-state index in [1.807, 2.05) is 6.92 Å². The first kappa shape index (κ1) is 20.2. The number of aromatic nitrogens is 1. The average molecular weight is 425 g/mol. The smallest absolute Gasteiger partial charge is 0.439 e. The fourth-order valence-electron chi connectivity index (χ4n) is 4.12. The van der Waals surface area contributed by atoms with Crippen LogP contribution in [0, 0.1) is 11.8 Å². The molecular weight excluding hydrogens is 403 g/mol. The minimum absolute atomic E-state index is 0.0330. The second-order valence-electron chi connectivity index (χ2n) is 7.47. The number of hydrogen-bond acceptors (Lipinski definition) is 6. The third-order valence-electron chi connectivity index (χ3n) is 5.87. The Hall–Kier alpha value is -2.13. The molecule has 0 unspecified atom stereocenters. The summed E-state index contributed by atoms with van der Waals surface area (Å²) >= 11 is 1.04. The molecular formula is C20H22F3N3O2S. The third kappa shape index (κ3) is 3.30. The highest BCUT2D eigenvalue weighted by Gasteiger charge is 2.68. The number of hydrazone groups is 1.